The summed E-state index contributed by atoms with van der Waals surface area (Å²) in [5, 5.41) is 17.7. The fraction of sp³-hybridized carbons (Fsp3) is 0.0833. The van der Waals surface area contributed by atoms with Crippen LogP contribution in [0.4, 0.5) is 10.5 Å². The summed E-state index contributed by atoms with van der Waals surface area (Å²) in [6.45, 7) is 0.141. The molecule has 21 heavy (non-hydrogen) atoms. The van der Waals surface area contributed by atoms with Crippen LogP contribution in [0.1, 0.15) is 16.1 Å². The SMILES string of the molecule is O=C(NCc1ccno1)Nc1c(Br)cc(Br)cc1C(=O)O. The van der Waals surface area contributed by atoms with Crippen LogP contribution in [0.25, 0.3) is 0 Å². The Hall–Kier alpha value is -1.87. The highest BCUT2D eigenvalue weighted by Gasteiger charge is 2.17. The van der Waals surface area contributed by atoms with Crippen molar-refractivity contribution in [2.24, 2.45) is 0 Å². The quantitative estimate of drug-likeness (QED) is 0.706. The molecule has 0 bridgehead atoms. The summed E-state index contributed by atoms with van der Waals surface area (Å²) in [6, 6.07) is 4.09. The van der Waals surface area contributed by atoms with E-state index in [0.29, 0.717) is 14.7 Å². The summed E-state index contributed by atoms with van der Waals surface area (Å²) < 4.78 is 5.86. The maximum absolute atomic E-state index is 11.8. The number of nitrogens with one attached hydrogen (secondary N) is 2. The average Bonchev–Trinajstić information content (AvgIpc) is 2.92. The smallest absolute Gasteiger partial charge is 0.337 e. The minimum Gasteiger partial charge on any atom is -0.478 e. The Labute approximate surface area is 136 Å². The predicted molar refractivity (Wildman–Crippen MR) is 81.2 cm³/mol. The van der Waals surface area contributed by atoms with Crippen LogP contribution in [-0.4, -0.2) is 22.3 Å². The fourth-order valence-corrected chi connectivity index (χ4v) is 2.85. The molecule has 2 rings (SSSR count). The highest BCUT2D eigenvalue weighted by atomic mass is 79.9. The van der Waals surface area contributed by atoms with E-state index < -0.39 is 12.0 Å². The molecular weight excluding hydrogens is 410 g/mol. The van der Waals surface area contributed by atoms with E-state index >= 15 is 0 Å². The number of carboxylic acids is 1. The largest absolute Gasteiger partial charge is 0.478 e. The molecule has 0 aliphatic heterocycles. The topological polar surface area (TPSA) is 104 Å². The van der Waals surface area contributed by atoms with Crippen LogP contribution in [0.5, 0.6) is 0 Å². The molecule has 0 spiro atoms. The molecule has 2 amide bonds. The number of rotatable bonds is 4. The molecule has 0 aliphatic rings. The van der Waals surface area contributed by atoms with Gasteiger partial charge in [0.25, 0.3) is 0 Å². The second kappa shape index (κ2) is 6.72. The molecule has 3 N–H and O–H groups in total. The Morgan fingerprint density at radius 3 is 2.71 bits per heavy atom. The monoisotopic (exact) mass is 417 g/mol. The molecule has 2 aromatic rings. The molecule has 0 saturated heterocycles. The molecule has 1 aromatic carbocycles. The molecule has 7 nitrogen and oxygen atoms in total. The van der Waals surface area contributed by atoms with Crippen molar-refractivity contribution in [3.05, 3.63) is 44.7 Å². The zero-order valence-electron chi connectivity index (χ0n) is 10.4. The number of halogens is 2. The lowest BCUT2D eigenvalue weighted by Gasteiger charge is -2.11. The number of urea groups is 1. The first-order chi connectivity index (χ1) is 9.97. The van der Waals surface area contributed by atoms with E-state index in [1.54, 1.807) is 12.1 Å². The number of hydrogen-bond acceptors (Lipinski definition) is 4. The predicted octanol–water partition coefficient (Wildman–Crippen LogP) is 3.22. The van der Waals surface area contributed by atoms with Crippen molar-refractivity contribution in [1.82, 2.24) is 10.5 Å². The van der Waals surface area contributed by atoms with E-state index in [9.17, 15) is 14.7 Å². The van der Waals surface area contributed by atoms with Gasteiger partial charge in [0.1, 0.15) is 0 Å². The lowest BCUT2D eigenvalue weighted by Crippen LogP contribution is -2.29. The number of hydrogen-bond donors (Lipinski definition) is 3. The van der Waals surface area contributed by atoms with Gasteiger partial charge in [0.15, 0.2) is 5.76 Å². The third-order valence-corrected chi connectivity index (χ3v) is 3.52. The maximum Gasteiger partial charge on any atom is 0.337 e. The molecule has 0 unspecified atom stereocenters. The molecule has 9 heteroatoms. The minimum atomic E-state index is -1.15. The van der Waals surface area contributed by atoms with E-state index in [-0.39, 0.29) is 17.8 Å². The normalized spacial score (nSPS) is 10.2. The number of carbonyl (C=O) groups excluding carboxylic acids is 1. The number of benzene rings is 1. The van der Waals surface area contributed by atoms with Gasteiger partial charge in [-0.05, 0) is 28.1 Å². The Balaban J connectivity index is 2.11. The van der Waals surface area contributed by atoms with E-state index in [0.717, 1.165) is 0 Å². The van der Waals surface area contributed by atoms with Crippen molar-refractivity contribution in [3.63, 3.8) is 0 Å². The second-order valence-electron chi connectivity index (χ2n) is 3.90. The van der Waals surface area contributed by atoms with Crippen LogP contribution in [0.15, 0.2) is 37.9 Å². The van der Waals surface area contributed by atoms with Gasteiger partial charge in [-0.1, -0.05) is 21.1 Å². The zero-order chi connectivity index (χ0) is 15.4. The molecular formula is C12H9Br2N3O4. The van der Waals surface area contributed by atoms with Gasteiger partial charge in [-0.15, -0.1) is 0 Å². The summed E-state index contributed by atoms with van der Waals surface area (Å²) in [6.07, 6.45) is 1.46. The van der Waals surface area contributed by atoms with Crippen molar-refractivity contribution < 1.29 is 19.2 Å². The van der Waals surface area contributed by atoms with Gasteiger partial charge in [0.05, 0.1) is 24.0 Å². The summed E-state index contributed by atoms with van der Waals surface area (Å²) in [4.78, 5) is 23.0. The lowest BCUT2D eigenvalue weighted by atomic mass is 10.2. The van der Waals surface area contributed by atoms with Gasteiger partial charge in [-0.2, -0.15) is 0 Å². The van der Waals surface area contributed by atoms with Crippen LogP contribution in [0.2, 0.25) is 0 Å². The third kappa shape index (κ3) is 4.05. The first kappa shape index (κ1) is 15.5. The van der Waals surface area contributed by atoms with E-state index in [4.69, 9.17) is 4.52 Å². The van der Waals surface area contributed by atoms with Gasteiger partial charge in [0, 0.05) is 15.0 Å². The van der Waals surface area contributed by atoms with Crippen molar-refractivity contribution in [1.29, 1.82) is 0 Å². The van der Waals surface area contributed by atoms with Gasteiger partial charge in [0.2, 0.25) is 0 Å². The molecule has 0 aliphatic carbocycles. The molecule has 0 atom stereocenters. The van der Waals surface area contributed by atoms with Crippen molar-refractivity contribution in [2.45, 2.75) is 6.54 Å². The van der Waals surface area contributed by atoms with Crippen LogP contribution >= 0.6 is 31.9 Å². The van der Waals surface area contributed by atoms with E-state index in [1.807, 2.05) is 0 Å². The van der Waals surface area contributed by atoms with Crippen molar-refractivity contribution in [2.75, 3.05) is 5.32 Å². The molecule has 0 fully saturated rings. The standard InChI is InChI=1S/C12H9Br2N3O4/c13-6-3-8(11(18)19)10(9(14)4-6)17-12(20)15-5-7-1-2-16-21-7/h1-4H,5H2,(H,18,19)(H2,15,17,20). The van der Waals surface area contributed by atoms with Crippen molar-refractivity contribution >= 4 is 49.5 Å². The highest BCUT2D eigenvalue weighted by molar-refractivity contribution is 9.11. The molecule has 1 heterocycles. The lowest BCUT2D eigenvalue weighted by molar-refractivity contribution is 0.0698. The molecule has 1 aromatic heterocycles. The average molecular weight is 419 g/mol. The number of carboxylic acid groups (broad SMARTS) is 1. The summed E-state index contributed by atoms with van der Waals surface area (Å²) in [7, 11) is 0. The van der Waals surface area contributed by atoms with Crippen LogP contribution in [0, 0.1) is 0 Å². The van der Waals surface area contributed by atoms with Gasteiger partial charge < -0.3 is 20.3 Å². The van der Waals surface area contributed by atoms with E-state index in [2.05, 4.69) is 47.7 Å². The Bertz CT molecular complexity index is 673. The first-order valence-corrected chi connectivity index (χ1v) is 7.22. The number of aromatic nitrogens is 1. The van der Waals surface area contributed by atoms with E-state index in [1.165, 1.54) is 12.3 Å². The van der Waals surface area contributed by atoms with Gasteiger partial charge >= 0.3 is 12.0 Å². The van der Waals surface area contributed by atoms with Crippen molar-refractivity contribution in [3.8, 4) is 0 Å². The fourth-order valence-electron chi connectivity index (χ4n) is 1.53. The van der Waals surface area contributed by atoms with Crippen LogP contribution in [-0.2, 0) is 6.54 Å². The summed E-state index contributed by atoms with van der Waals surface area (Å²) >= 11 is 6.42. The first-order valence-electron chi connectivity index (χ1n) is 5.64. The molecule has 110 valence electrons. The Morgan fingerprint density at radius 2 is 2.10 bits per heavy atom. The molecule has 0 saturated carbocycles. The third-order valence-electron chi connectivity index (χ3n) is 2.44. The Kier molecular flexibility index (Phi) is 4.97. The number of anilines is 1. The minimum absolute atomic E-state index is 0.0361. The van der Waals surface area contributed by atoms with Crippen LogP contribution in [0.3, 0.4) is 0 Å². The number of amides is 2. The summed E-state index contributed by atoms with van der Waals surface area (Å²) in [5.41, 5.74) is 0.131. The maximum atomic E-state index is 11.8. The molecule has 0 radical (unpaired) electrons. The number of nitrogens with zero attached hydrogens (tertiary/aromatic N) is 1. The zero-order valence-corrected chi connectivity index (χ0v) is 13.6. The Morgan fingerprint density at radius 1 is 1.33 bits per heavy atom. The van der Waals surface area contributed by atoms with Gasteiger partial charge in [-0.25, -0.2) is 9.59 Å². The van der Waals surface area contributed by atoms with Gasteiger partial charge in [-0.3, -0.25) is 0 Å². The number of aromatic carboxylic acids is 1. The highest BCUT2D eigenvalue weighted by Crippen LogP contribution is 2.30. The summed E-state index contributed by atoms with van der Waals surface area (Å²) in [5.74, 6) is -0.666. The van der Waals surface area contributed by atoms with Crippen LogP contribution < -0.4 is 10.6 Å². The second-order valence-corrected chi connectivity index (χ2v) is 5.67. The number of carbonyl (C=O) groups is 2.